The van der Waals surface area contributed by atoms with Gasteiger partial charge in [-0.2, -0.15) is 0 Å². The molecule has 0 heterocycles. The maximum atomic E-state index is 12.7. The molecule has 140 valence electrons. The normalized spacial score (nSPS) is 32.9. The molecule has 0 unspecified atom stereocenters. The Kier molecular flexibility index (Phi) is 4.72. The van der Waals surface area contributed by atoms with Crippen LogP contribution in [0.25, 0.3) is 0 Å². The third-order valence-corrected chi connectivity index (χ3v) is 6.62. The van der Waals surface area contributed by atoms with Crippen molar-refractivity contribution < 1.29 is 14.3 Å². The molecule has 4 aliphatic carbocycles. The van der Waals surface area contributed by atoms with Crippen LogP contribution in [0.15, 0.2) is 24.3 Å². The Morgan fingerprint density at radius 3 is 2.19 bits per heavy atom. The fourth-order valence-corrected chi connectivity index (χ4v) is 5.81. The van der Waals surface area contributed by atoms with Crippen molar-refractivity contribution in [2.75, 3.05) is 0 Å². The Morgan fingerprint density at radius 2 is 1.65 bits per heavy atom. The Balaban J connectivity index is 1.32. The molecule has 1 aromatic carbocycles. The predicted octanol–water partition coefficient (Wildman–Crippen LogP) is 3.90. The molecular weight excluding hydrogens is 350 g/mol. The molecule has 0 radical (unpaired) electrons. The van der Waals surface area contributed by atoms with Gasteiger partial charge in [0.05, 0.1) is 6.42 Å². The zero-order valence-electron chi connectivity index (χ0n) is 15.2. The van der Waals surface area contributed by atoms with Gasteiger partial charge >= 0.3 is 5.97 Å². The molecular formula is C21H26ClNO3. The van der Waals surface area contributed by atoms with Gasteiger partial charge in [-0.15, -0.1) is 0 Å². The highest BCUT2D eigenvalue weighted by molar-refractivity contribution is 6.30. The average molecular weight is 376 g/mol. The fraction of sp³-hybridized carbons (Fsp3) is 0.619. The minimum Gasteiger partial charge on any atom is -0.452 e. The number of benzene rings is 1. The van der Waals surface area contributed by atoms with Crippen LogP contribution in [0.4, 0.5) is 0 Å². The fourth-order valence-electron chi connectivity index (χ4n) is 5.69. The van der Waals surface area contributed by atoms with Crippen molar-refractivity contribution in [2.45, 2.75) is 63.5 Å². The Hall–Kier alpha value is -1.55. The summed E-state index contributed by atoms with van der Waals surface area (Å²) < 4.78 is 5.38. The van der Waals surface area contributed by atoms with Crippen molar-refractivity contribution in [1.82, 2.24) is 5.32 Å². The Bertz CT molecular complexity index is 664. The third kappa shape index (κ3) is 3.75. The number of nitrogens with one attached hydrogen (secondary N) is 1. The molecule has 5 heteroatoms. The van der Waals surface area contributed by atoms with Gasteiger partial charge in [0.15, 0.2) is 6.10 Å². The quantitative estimate of drug-likeness (QED) is 0.794. The first kappa shape index (κ1) is 17.8. The van der Waals surface area contributed by atoms with Crippen molar-refractivity contribution in [3.63, 3.8) is 0 Å². The largest absolute Gasteiger partial charge is 0.452 e. The van der Waals surface area contributed by atoms with Gasteiger partial charge in [-0.25, -0.2) is 0 Å². The molecule has 4 bridgehead atoms. The van der Waals surface area contributed by atoms with Crippen LogP contribution in [0.5, 0.6) is 0 Å². The van der Waals surface area contributed by atoms with Gasteiger partial charge in [0.25, 0.3) is 5.91 Å². The lowest BCUT2D eigenvalue weighted by molar-refractivity contribution is -0.156. The summed E-state index contributed by atoms with van der Waals surface area (Å²) in [6.07, 6.45) is 6.67. The van der Waals surface area contributed by atoms with Crippen LogP contribution in [0.1, 0.15) is 51.0 Å². The molecule has 4 nitrogen and oxygen atoms in total. The molecule has 5 rings (SSSR count). The predicted molar refractivity (Wildman–Crippen MR) is 99.8 cm³/mol. The lowest BCUT2D eigenvalue weighted by Crippen LogP contribution is -2.61. The summed E-state index contributed by atoms with van der Waals surface area (Å²) >= 11 is 5.85. The second-order valence-electron chi connectivity index (χ2n) is 8.62. The molecule has 4 aliphatic rings. The number of hydrogen-bond acceptors (Lipinski definition) is 3. The average Bonchev–Trinajstić information content (AvgIpc) is 2.55. The van der Waals surface area contributed by atoms with Crippen LogP contribution in [-0.2, 0) is 20.7 Å². The van der Waals surface area contributed by atoms with Crippen LogP contribution < -0.4 is 5.32 Å². The monoisotopic (exact) mass is 375 g/mol. The molecule has 1 amide bonds. The van der Waals surface area contributed by atoms with Gasteiger partial charge in [-0.1, -0.05) is 23.7 Å². The van der Waals surface area contributed by atoms with Gasteiger partial charge in [0.1, 0.15) is 0 Å². The number of esters is 1. The number of halogens is 1. The molecule has 1 atom stereocenters. The van der Waals surface area contributed by atoms with Crippen molar-refractivity contribution in [2.24, 2.45) is 17.8 Å². The number of ether oxygens (including phenoxy) is 1. The van der Waals surface area contributed by atoms with Gasteiger partial charge in [0.2, 0.25) is 0 Å². The van der Waals surface area contributed by atoms with Crippen LogP contribution >= 0.6 is 11.6 Å². The van der Waals surface area contributed by atoms with Crippen LogP contribution in [0, 0.1) is 17.8 Å². The highest BCUT2D eigenvalue weighted by atomic mass is 35.5. The summed E-state index contributed by atoms with van der Waals surface area (Å²) in [5.74, 6) is 1.76. The van der Waals surface area contributed by atoms with E-state index >= 15 is 0 Å². The Morgan fingerprint density at radius 1 is 1.12 bits per heavy atom. The van der Waals surface area contributed by atoms with E-state index in [4.69, 9.17) is 16.3 Å². The van der Waals surface area contributed by atoms with Gasteiger partial charge < -0.3 is 10.1 Å². The van der Waals surface area contributed by atoms with E-state index in [9.17, 15) is 9.59 Å². The van der Waals surface area contributed by atoms with Crippen molar-refractivity contribution in [3.05, 3.63) is 34.9 Å². The van der Waals surface area contributed by atoms with Crippen LogP contribution in [0.3, 0.4) is 0 Å². The van der Waals surface area contributed by atoms with Gasteiger partial charge in [-0.05, 0) is 80.9 Å². The molecule has 4 fully saturated rings. The highest BCUT2D eigenvalue weighted by Gasteiger charge is 2.51. The second-order valence-corrected chi connectivity index (χ2v) is 9.06. The third-order valence-electron chi connectivity index (χ3n) is 6.37. The molecule has 1 N–H and O–H groups in total. The first-order valence-electron chi connectivity index (χ1n) is 9.67. The molecule has 0 saturated heterocycles. The zero-order valence-corrected chi connectivity index (χ0v) is 15.9. The summed E-state index contributed by atoms with van der Waals surface area (Å²) in [6.45, 7) is 1.66. The van der Waals surface area contributed by atoms with Crippen molar-refractivity contribution >= 4 is 23.5 Å². The van der Waals surface area contributed by atoms with E-state index in [1.165, 1.54) is 19.3 Å². The molecule has 0 aromatic heterocycles. The number of carbonyl (C=O) groups is 2. The van der Waals surface area contributed by atoms with E-state index in [2.05, 4.69) is 5.32 Å². The van der Waals surface area contributed by atoms with Gasteiger partial charge in [0, 0.05) is 10.6 Å². The lowest BCUT2D eigenvalue weighted by Gasteiger charge is -2.57. The first-order chi connectivity index (χ1) is 12.4. The number of carbonyl (C=O) groups excluding carboxylic acids is 2. The maximum Gasteiger partial charge on any atom is 0.311 e. The van der Waals surface area contributed by atoms with Crippen molar-refractivity contribution in [1.29, 1.82) is 0 Å². The summed E-state index contributed by atoms with van der Waals surface area (Å²) in [4.78, 5) is 24.8. The maximum absolute atomic E-state index is 12.7. The smallest absolute Gasteiger partial charge is 0.311 e. The standard InChI is InChI=1S/C21H26ClNO3/c1-13(26-19(24)9-14-2-4-18(22)5-3-14)20(25)23-21-10-15-6-16(11-21)8-17(7-15)12-21/h2-5,13,15-17H,6-12H2,1H3,(H,23,25)/t13-,15?,16?,17?,21?/m0/s1. The zero-order chi connectivity index (χ0) is 18.3. The number of rotatable bonds is 5. The van der Waals surface area contributed by atoms with Crippen LogP contribution in [-0.4, -0.2) is 23.5 Å². The number of hydrogen-bond donors (Lipinski definition) is 1. The SMILES string of the molecule is C[C@H](OC(=O)Cc1ccc(Cl)cc1)C(=O)NC12CC3CC(CC(C3)C1)C2. The van der Waals surface area contributed by atoms with E-state index in [1.807, 2.05) is 0 Å². The summed E-state index contributed by atoms with van der Waals surface area (Å²) in [6, 6.07) is 7.08. The van der Waals surface area contributed by atoms with Gasteiger partial charge in [-0.3, -0.25) is 9.59 Å². The minimum absolute atomic E-state index is 0.0529. The highest BCUT2D eigenvalue weighted by Crippen LogP contribution is 2.55. The van der Waals surface area contributed by atoms with E-state index in [0.717, 1.165) is 42.6 Å². The second kappa shape index (κ2) is 6.88. The molecule has 0 aliphatic heterocycles. The van der Waals surface area contributed by atoms with E-state index < -0.39 is 6.10 Å². The minimum atomic E-state index is -0.761. The van der Waals surface area contributed by atoms with Crippen molar-refractivity contribution in [3.8, 4) is 0 Å². The van der Waals surface area contributed by atoms with E-state index in [0.29, 0.717) is 5.02 Å². The Labute approximate surface area is 159 Å². The summed E-state index contributed by atoms with van der Waals surface area (Å²) in [5, 5.41) is 3.90. The molecule has 1 aromatic rings. The van der Waals surface area contributed by atoms with E-state index in [-0.39, 0.29) is 23.8 Å². The first-order valence-corrected chi connectivity index (χ1v) is 10.0. The summed E-state index contributed by atoms with van der Waals surface area (Å²) in [5.41, 5.74) is 0.774. The molecule has 0 spiro atoms. The molecule has 26 heavy (non-hydrogen) atoms. The number of amides is 1. The topological polar surface area (TPSA) is 55.4 Å². The van der Waals surface area contributed by atoms with Crippen LogP contribution in [0.2, 0.25) is 5.02 Å². The molecule has 4 saturated carbocycles. The lowest BCUT2D eigenvalue weighted by atomic mass is 9.53. The van der Waals surface area contributed by atoms with E-state index in [1.54, 1.807) is 31.2 Å². The summed E-state index contributed by atoms with van der Waals surface area (Å²) in [7, 11) is 0.